The van der Waals surface area contributed by atoms with Crippen LogP contribution in [-0.4, -0.2) is 18.0 Å². The highest BCUT2D eigenvalue weighted by Gasteiger charge is 2.15. The normalized spacial score (nSPS) is 10.1. The van der Waals surface area contributed by atoms with Gasteiger partial charge in [-0.3, -0.25) is 4.79 Å². The van der Waals surface area contributed by atoms with Gasteiger partial charge in [0.05, 0.1) is 18.9 Å². The van der Waals surface area contributed by atoms with Crippen molar-refractivity contribution < 1.29 is 14.1 Å². The summed E-state index contributed by atoms with van der Waals surface area (Å²) in [6.07, 6.45) is 1.43. The molecule has 0 unspecified atom stereocenters. The highest BCUT2D eigenvalue weighted by molar-refractivity contribution is 6.09. The fraction of sp³-hybridized carbons (Fsp3) is 0.167. The Balaban J connectivity index is 2.38. The largest absolute Gasteiger partial charge is 0.497 e. The van der Waals surface area contributed by atoms with Gasteiger partial charge in [-0.05, 0) is 19.1 Å². The van der Waals surface area contributed by atoms with Crippen molar-refractivity contribution in [3.63, 3.8) is 0 Å². The van der Waals surface area contributed by atoms with E-state index >= 15 is 0 Å². The Bertz CT molecular complexity index is 516. The monoisotopic (exact) mass is 217 g/mol. The molecule has 1 aromatic carbocycles. The van der Waals surface area contributed by atoms with Gasteiger partial charge < -0.3 is 9.26 Å². The van der Waals surface area contributed by atoms with Gasteiger partial charge in [0.15, 0.2) is 5.78 Å². The first kappa shape index (κ1) is 10.4. The van der Waals surface area contributed by atoms with Crippen molar-refractivity contribution in [3.8, 4) is 5.75 Å². The summed E-state index contributed by atoms with van der Waals surface area (Å²) in [6.45, 7) is 1.71. The Morgan fingerprint density at radius 3 is 2.88 bits per heavy atom. The molecule has 0 N–H and O–H groups in total. The second kappa shape index (κ2) is 4.18. The molecule has 16 heavy (non-hydrogen) atoms. The van der Waals surface area contributed by atoms with E-state index in [4.69, 9.17) is 9.26 Å². The van der Waals surface area contributed by atoms with Gasteiger partial charge in [-0.25, -0.2) is 0 Å². The molecule has 0 aliphatic heterocycles. The van der Waals surface area contributed by atoms with Crippen LogP contribution in [0, 0.1) is 6.92 Å². The number of aryl methyl sites for hydroxylation is 1. The van der Waals surface area contributed by atoms with E-state index in [0.29, 0.717) is 22.6 Å². The molecule has 0 atom stereocenters. The van der Waals surface area contributed by atoms with Gasteiger partial charge in [-0.1, -0.05) is 17.3 Å². The summed E-state index contributed by atoms with van der Waals surface area (Å²) in [6, 6.07) is 6.98. The number of nitrogens with zero attached hydrogens (tertiary/aromatic N) is 1. The van der Waals surface area contributed by atoms with Crippen molar-refractivity contribution in [3.05, 3.63) is 47.3 Å². The highest BCUT2D eigenvalue weighted by atomic mass is 16.5. The summed E-state index contributed by atoms with van der Waals surface area (Å²) in [4.78, 5) is 12.0. The van der Waals surface area contributed by atoms with Crippen LogP contribution in [0.25, 0.3) is 0 Å². The van der Waals surface area contributed by atoms with E-state index in [2.05, 4.69) is 5.16 Å². The van der Waals surface area contributed by atoms with Gasteiger partial charge >= 0.3 is 0 Å². The topological polar surface area (TPSA) is 52.3 Å². The number of rotatable bonds is 3. The van der Waals surface area contributed by atoms with E-state index < -0.39 is 0 Å². The zero-order valence-corrected chi connectivity index (χ0v) is 9.06. The van der Waals surface area contributed by atoms with Gasteiger partial charge in [-0.2, -0.15) is 0 Å². The standard InChI is InChI=1S/C12H11NO3/c1-8-11(7-13-16-8)12(14)9-4-3-5-10(6-9)15-2/h3-7H,1-2H3. The molecular formula is C12H11NO3. The van der Waals surface area contributed by atoms with Gasteiger partial charge in [0.25, 0.3) is 0 Å². The van der Waals surface area contributed by atoms with E-state index in [0.717, 1.165) is 0 Å². The summed E-state index contributed by atoms with van der Waals surface area (Å²) >= 11 is 0. The zero-order chi connectivity index (χ0) is 11.5. The molecule has 0 radical (unpaired) electrons. The molecule has 0 aliphatic rings. The van der Waals surface area contributed by atoms with Crippen molar-refractivity contribution in [1.29, 1.82) is 0 Å². The molecule has 0 aliphatic carbocycles. The maximum Gasteiger partial charge on any atom is 0.198 e. The minimum absolute atomic E-state index is 0.113. The highest BCUT2D eigenvalue weighted by Crippen LogP contribution is 2.17. The molecule has 82 valence electrons. The lowest BCUT2D eigenvalue weighted by Crippen LogP contribution is -2.01. The number of hydrogen-bond acceptors (Lipinski definition) is 4. The lowest BCUT2D eigenvalue weighted by molar-refractivity contribution is 0.103. The average Bonchev–Trinajstić information content (AvgIpc) is 2.74. The van der Waals surface area contributed by atoms with Crippen molar-refractivity contribution in [2.45, 2.75) is 6.92 Å². The Morgan fingerprint density at radius 1 is 1.44 bits per heavy atom. The van der Waals surface area contributed by atoms with Crippen LogP contribution in [0.4, 0.5) is 0 Å². The molecule has 0 amide bonds. The van der Waals surface area contributed by atoms with E-state index in [1.807, 2.05) is 0 Å². The van der Waals surface area contributed by atoms with Gasteiger partial charge in [-0.15, -0.1) is 0 Å². The van der Waals surface area contributed by atoms with Crippen LogP contribution in [0.2, 0.25) is 0 Å². The SMILES string of the molecule is COc1cccc(C(=O)c2cnoc2C)c1. The number of hydrogen-bond donors (Lipinski definition) is 0. The summed E-state index contributed by atoms with van der Waals surface area (Å²) in [5.74, 6) is 1.06. The fourth-order valence-electron chi connectivity index (χ4n) is 1.44. The molecule has 4 heteroatoms. The third-order valence-electron chi connectivity index (χ3n) is 2.33. The third kappa shape index (κ3) is 1.82. The fourth-order valence-corrected chi connectivity index (χ4v) is 1.44. The molecule has 1 heterocycles. The number of methoxy groups -OCH3 is 1. The van der Waals surface area contributed by atoms with Crippen LogP contribution in [0.15, 0.2) is 35.0 Å². The van der Waals surface area contributed by atoms with Gasteiger partial charge in [0, 0.05) is 5.56 Å². The maximum atomic E-state index is 12.0. The number of aromatic nitrogens is 1. The van der Waals surface area contributed by atoms with Crippen LogP contribution in [0.5, 0.6) is 5.75 Å². The minimum Gasteiger partial charge on any atom is -0.497 e. The molecule has 0 fully saturated rings. The second-order valence-corrected chi connectivity index (χ2v) is 3.36. The lowest BCUT2D eigenvalue weighted by atomic mass is 10.0. The van der Waals surface area contributed by atoms with Gasteiger partial charge in [0.1, 0.15) is 11.5 Å². The molecule has 0 saturated heterocycles. The number of carbonyl (C=O) groups is 1. The predicted octanol–water partition coefficient (Wildman–Crippen LogP) is 2.22. The number of ether oxygens (including phenoxy) is 1. The number of carbonyl (C=O) groups excluding carboxylic acids is 1. The molecular weight excluding hydrogens is 206 g/mol. The van der Waals surface area contributed by atoms with Crippen molar-refractivity contribution in [2.24, 2.45) is 0 Å². The molecule has 2 aromatic rings. The molecule has 2 rings (SSSR count). The van der Waals surface area contributed by atoms with E-state index in [1.54, 1.807) is 38.3 Å². The maximum absolute atomic E-state index is 12.0. The summed E-state index contributed by atoms with van der Waals surface area (Å²) < 4.78 is 9.92. The van der Waals surface area contributed by atoms with Crippen molar-refractivity contribution >= 4 is 5.78 Å². The van der Waals surface area contributed by atoms with Crippen molar-refractivity contribution in [1.82, 2.24) is 5.16 Å². The molecule has 4 nitrogen and oxygen atoms in total. The summed E-state index contributed by atoms with van der Waals surface area (Å²) in [5, 5.41) is 3.58. The first-order valence-corrected chi connectivity index (χ1v) is 4.82. The lowest BCUT2D eigenvalue weighted by Gasteiger charge is -2.02. The number of ketones is 1. The predicted molar refractivity (Wildman–Crippen MR) is 57.7 cm³/mol. The summed E-state index contributed by atoms with van der Waals surface area (Å²) in [5.41, 5.74) is 1.04. The van der Waals surface area contributed by atoms with Crippen LogP contribution in [0.3, 0.4) is 0 Å². The zero-order valence-electron chi connectivity index (χ0n) is 9.06. The molecule has 0 bridgehead atoms. The summed E-state index contributed by atoms with van der Waals surface area (Å²) in [7, 11) is 1.56. The minimum atomic E-state index is -0.113. The second-order valence-electron chi connectivity index (χ2n) is 3.36. The van der Waals surface area contributed by atoms with E-state index in [9.17, 15) is 4.79 Å². The molecule has 0 spiro atoms. The number of benzene rings is 1. The molecule has 1 aromatic heterocycles. The smallest absolute Gasteiger partial charge is 0.198 e. The van der Waals surface area contributed by atoms with Crippen LogP contribution < -0.4 is 4.74 Å². The first-order chi connectivity index (χ1) is 7.72. The Kier molecular flexibility index (Phi) is 2.72. The quantitative estimate of drug-likeness (QED) is 0.740. The Hall–Kier alpha value is -2.10. The Labute approximate surface area is 92.8 Å². The van der Waals surface area contributed by atoms with Crippen LogP contribution in [0.1, 0.15) is 21.7 Å². The van der Waals surface area contributed by atoms with E-state index in [1.165, 1.54) is 6.20 Å². The first-order valence-electron chi connectivity index (χ1n) is 4.82. The van der Waals surface area contributed by atoms with Gasteiger partial charge in [0.2, 0.25) is 0 Å². The Morgan fingerprint density at radius 2 is 2.25 bits per heavy atom. The van der Waals surface area contributed by atoms with Crippen LogP contribution >= 0.6 is 0 Å². The third-order valence-corrected chi connectivity index (χ3v) is 2.33. The average molecular weight is 217 g/mol. The molecule has 0 saturated carbocycles. The van der Waals surface area contributed by atoms with Crippen LogP contribution in [-0.2, 0) is 0 Å². The van der Waals surface area contributed by atoms with E-state index in [-0.39, 0.29) is 5.78 Å². The van der Waals surface area contributed by atoms with Crippen molar-refractivity contribution in [2.75, 3.05) is 7.11 Å².